The smallest absolute Gasteiger partial charge is 0.157 e. The van der Waals surface area contributed by atoms with Gasteiger partial charge in [-0.15, -0.1) is 0 Å². The van der Waals surface area contributed by atoms with Gasteiger partial charge in [-0.05, 0) is 27.6 Å². The molecule has 1 rings (SSSR count). The van der Waals surface area contributed by atoms with Gasteiger partial charge in [0.1, 0.15) is 0 Å². The van der Waals surface area contributed by atoms with E-state index in [1.807, 2.05) is 30.3 Å². The van der Waals surface area contributed by atoms with Crippen LogP contribution in [0.5, 0.6) is 0 Å². The van der Waals surface area contributed by atoms with Gasteiger partial charge in [-0.3, -0.25) is 4.79 Å². The molecule has 0 amide bonds. The van der Waals surface area contributed by atoms with Crippen LogP contribution in [0.25, 0.3) is 6.08 Å². The predicted molar refractivity (Wildman–Crippen MR) is 57.6 cm³/mol. The van der Waals surface area contributed by atoms with Crippen molar-refractivity contribution in [1.82, 2.24) is 0 Å². The van der Waals surface area contributed by atoms with Gasteiger partial charge in [0.25, 0.3) is 0 Å². The Morgan fingerprint density at radius 1 is 1.31 bits per heavy atom. The maximum absolute atomic E-state index is 10.2. The van der Waals surface area contributed by atoms with Crippen molar-refractivity contribution in [1.29, 1.82) is 0 Å². The van der Waals surface area contributed by atoms with Gasteiger partial charge in [-0.2, -0.15) is 0 Å². The molecule has 0 fully saturated rings. The molecule has 70 valence electrons. The number of aliphatic hydroxyl groups is 1. The number of rotatable bonds is 2. The molecule has 0 unspecified atom stereocenters. The van der Waals surface area contributed by atoms with Crippen LogP contribution < -0.4 is 0 Å². The van der Waals surface area contributed by atoms with E-state index in [1.54, 1.807) is 6.08 Å². The van der Waals surface area contributed by atoms with Crippen molar-refractivity contribution in [2.24, 2.45) is 0 Å². The second kappa shape index (κ2) is 7.71. The molecule has 0 saturated heterocycles. The van der Waals surface area contributed by atoms with Gasteiger partial charge in [-0.25, -0.2) is 0 Å². The van der Waals surface area contributed by atoms with Gasteiger partial charge in [0, 0.05) is 7.11 Å². The Bertz CT molecular complexity index is 268. The normalized spacial score (nSPS) is 9.92. The molecule has 0 aliphatic carbocycles. The van der Waals surface area contributed by atoms with Crippen LogP contribution in [0.15, 0.2) is 34.8 Å². The summed E-state index contributed by atoms with van der Waals surface area (Å²) in [5.41, 5.74) is 1.02. The molecule has 3 heteroatoms. The molecule has 1 aromatic carbocycles. The maximum atomic E-state index is 10.2. The Morgan fingerprint density at radius 3 is 2.31 bits per heavy atom. The number of allylic oxidation sites excluding steroid dienone is 1. The zero-order valence-corrected chi connectivity index (χ0v) is 8.86. The van der Waals surface area contributed by atoms with Gasteiger partial charge in [-0.1, -0.05) is 30.3 Å². The fourth-order valence-corrected chi connectivity index (χ4v) is 1.01. The van der Waals surface area contributed by atoms with Crippen molar-refractivity contribution in [3.8, 4) is 0 Å². The van der Waals surface area contributed by atoms with E-state index in [9.17, 15) is 4.79 Å². The fraction of sp³-hybridized carbons (Fsp3) is 0.100. The number of halogens is 1. The number of hydrogen-bond acceptors (Lipinski definition) is 2. The molecule has 1 aromatic rings. The fourth-order valence-electron chi connectivity index (χ4n) is 0.743. The average Bonchev–Trinajstić information content (AvgIpc) is 2.22. The number of aliphatic hydroxyl groups excluding tert-OH is 1. The predicted octanol–water partition coefficient (Wildman–Crippen LogP) is 2.23. The highest BCUT2D eigenvalue weighted by Gasteiger charge is 1.87. The van der Waals surface area contributed by atoms with Crippen LogP contribution in [-0.2, 0) is 4.79 Å². The Hall–Kier alpha value is -0.930. The number of carbonyl (C=O) groups is 1. The third-order valence-corrected chi connectivity index (χ3v) is 1.63. The highest BCUT2D eigenvalue weighted by molar-refractivity contribution is 9.12. The zero-order chi connectivity index (χ0) is 10.1. The van der Waals surface area contributed by atoms with E-state index < -0.39 is 0 Å². The molecule has 0 saturated carbocycles. The number of hydrogen-bond donors (Lipinski definition) is 1. The van der Waals surface area contributed by atoms with E-state index in [4.69, 9.17) is 5.11 Å². The first-order chi connectivity index (χ1) is 6.33. The van der Waals surface area contributed by atoms with Crippen molar-refractivity contribution in [2.75, 3.05) is 7.11 Å². The SMILES string of the molecule is CO.O=CC(Br)=Cc1ccccc1. The summed E-state index contributed by atoms with van der Waals surface area (Å²) >= 11 is 3.11. The second-order valence-electron chi connectivity index (χ2n) is 2.06. The van der Waals surface area contributed by atoms with Gasteiger partial charge >= 0.3 is 0 Å². The molecule has 0 aliphatic rings. The van der Waals surface area contributed by atoms with Crippen LogP contribution in [0.4, 0.5) is 0 Å². The molecular formula is C10H11BrO2. The summed E-state index contributed by atoms with van der Waals surface area (Å²) in [5, 5.41) is 7.00. The molecule has 13 heavy (non-hydrogen) atoms. The van der Waals surface area contributed by atoms with E-state index in [0.717, 1.165) is 19.0 Å². The van der Waals surface area contributed by atoms with Gasteiger partial charge in [0.15, 0.2) is 6.29 Å². The minimum Gasteiger partial charge on any atom is -0.400 e. The molecule has 0 heterocycles. The lowest BCUT2D eigenvalue weighted by Gasteiger charge is -1.89. The summed E-state index contributed by atoms with van der Waals surface area (Å²) in [4.78, 5) is 10.2. The van der Waals surface area contributed by atoms with Crippen LogP contribution in [-0.4, -0.2) is 18.5 Å². The van der Waals surface area contributed by atoms with E-state index in [2.05, 4.69) is 15.9 Å². The molecule has 0 radical (unpaired) electrons. The van der Waals surface area contributed by atoms with Crippen molar-refractivity contribution in [3.05, 3.63) is 40.4 Å². The van der Waals surface area contributed by atoms with Gasteiger partial charge in [0.05, 0.1) is 4.48 Å². The van der Waals surface area contributed by atoms with Gasteiger partial charge in [0.2, 0.25) is 0 Å². The Balaban J connectivity index is 0.000000671. The largest absolute Gasteiger partial charge is 0.400 e. The van der Waals surface area contributed by atoms with E-state index in [0.29, 0.717) is 4.48 Å². The lowest BCUT2D eigenvalue weighted by atomic mass is 10.2. The lowest BCUT2D eigenvalue weighted by molar-refractivity contribution is -0.104. The Labute approximate surface area is 86.0 Å². The minimum absolute atomic E-state index is 0.559. The quantitative estimate of drug-likeness (QED) is 0.638. The average molecular weight is 243 g/mol. The topological polar surface area (TPSA) is 37.3 Å². The highest BCUT2D eigenvalue weighted by atomic mass is 79.9. The van der Waals surface area contributed by atoms with Crippen LogP contribution >= 0.6 is 15.9 Å². The first-order valence-corrected chi connectivity index (χ1v) is 4.44. The van der Waals surface area contributed by atoms with Gasteiger partial charge < -0.3 is 5.11 Å². The summed E-state index contributed by atoms with van der Waals surface area (Å²) in [5.74, 6) is 0. The monoisotopic (exact) mass is 242 g/mol. The first-order valence-electron chi connectivity index (χ1n) is 3.65. The van der Waals surface area contributed by atoms with Crippen molar-refractivity contribution in [2.45, 2.75) is 0 Å². The summed E-state index contributed by atoms with van der Waals surface area (Å²) in [6, 6.07) is 9.66. The summed E-state index contributed by atoms with van der Waals surface area (Å²) < 4.78 is 0.559. The summed E-state index contributed by atoms with van der Waals surface area (Å²) in [7, 11) is 1.00. The molecule has 0 aliphatic heterocycles. The summed E-state index contributed by atoms with van der Waals surface area (Å²) in [6.07, 6.45) is 2.54. The molecule has 0 bridgehead atoms. The number of aldehydes is 1. The minimum atomic E-state index is 0.559. The number of carbonyl (C=O) groups excluding carboxylic acids is 1. The molecule has 1 N–H and O–H groups in total. The maximum Gasteiger partial charge on any atom is 0.157 e. The number of benzene rings is 1. The van der Waals surface area contributed by atoms with E-state index >= 15 is 0 Å². The zero-order valence-electron chi connectivity index (χ0n) is 7.27. The third-order valence-electron chi connectivity index (χ3n) is 1.22. The first kappa shape index (κ1) is 12.1. The molecular weight excluding hydrogens is 232 g/mol. The lowest BCUT2D eigenvalue weighted by Crippen LogP contribution is -1.73. The van der Waals surface area contributed by atoms with Crippen molar-refractivity contribution < 1.29 is 9.90 Å². The Morgan fingerprint density at radius 2 is 1.85 bits per heavy atom. The van der Waals surface area contributed by atoms with Crippen LogP contribution in [0.3, 0.4) is 0 Å². The third kappa shape index (κ3) is 5.33. The molecule has 0 spiro atoms. The van der Waals surface area contributed by atoms with Crippen molar-refractivity contribution in [3.63, 3.8) is 0 Å². The highest BCUT2D eigenvalue weighted by Crippen LogP contribution is 2.08. The summed E-state index contributed by atoms with van der Waals surface area (Å²) in [6.45, 7) is 0. The van der Waals surface area contributed by atoms with E-state index in [1.165, 1.54) is 0 Å². The van der Waals surface area contributed by atoms with Crippen LogP contribution in [0, 0.1) is 0 Å². The van der Waals surface area contributed by atoms with Crippen molar-refractivity contribution >= 4 is 28.3 Å². The van der Waals surface area contributed by atoms with E-state index in [-0.39, 0.29) is 0 Å². The molecule has 2 nitrogen and oxygen atoms in total. The Kier molecular flexibility index (Phi) is 7.15. The standard InChI is InChI=1S/C9H7BrO.CH4O/c10-9(7-11)6-8-4-2-1-3-5-8;1-2/h1-7H;2H,1H3. The molecule has 0 aromatic heterocycles. The van der Waals surface area contributed by atoms with Crippen LogP contribution in [0.1, 0.15) is 5.56 Å². The van der Waals surface area contributed by atoms with Crippen LogP contribution in [0.2, 0.25) is 0 Å². The molecule has 0 atom stereocenters. The second-order valence-corrected chi connectivity index (χ2v) is 2.97.